The van der Waals surface area contributed by atoms with Gasteiger partial charge in [0.05, 0.1) is 0 Å². The molecule has 1 amide bonds. The van der Waals surface area contributed by atoms with Crippen LogP contribution in [0.5, 0.6) is 0 Å². The van der Waals surface area contributed by atoms with Crippen molar-refractivity contribution in [3.63, 3.8) is 0 Å². The minimum absolute atomic E-state index is 0.0339. The van der Waals surface area contributed by atoms with Crippen molar-refractivity contribution in [2.24, 2.45) is 11.8 Å². The number of carbonyl (C=O) groups is 1. The van der Waals surface area contributed by atoms with Crippen LogP contribution in [0.3, 0.4) is 0 Å². The maximum Gasteiger partial charge on any atom is 0.251 e. The van der Waals surface area contributed by atoms with Crippen molar-refractivity contribution >= 4 is 11.6 Å². The number of anilines is 1. The summed E-state index contributed by atoms with van der Waals surface area (Å²) in [5.74, 6) is 1.21. The van der Waals surface area contributed by atoms with Crippen LogP contribution < -0.4 is 16.6 Å². The van der Waals surface area contributed by atoms with Crippen molar-refractivity contribution in [3.05, 3.63) is 28.7 Å². The first kappa shape index (κ1) is 13.6. The van der Waals surface area contributed by atoms with Gasteiger partial charge in [0.2, 0.25) is 5.91 Å². The van der Waals surface area contributed by atoms with E-state index in [1.807, 2.05) is 0 Å². The van der Waals surface area contributed by atoms with Gasteiger partial charge in [0.1, 0.15) is 6.54 Å². The van der Waals surface area contributed by atoms with Gasteiger partial charge in [0.25, 0.3) is 5.56 Å². The van der Waals surface area contributed by atoms with Crippen LogP contribution in [0.15, 0.2) is 23.1 Å². The molecule has 5 heteroatoms. The highest BCUT2D eigenvalue weighted by molar-refractivity contribution is 5.75. The third kappa shape index (κ3) is 3.84. The number of nitrogen functional groups attached to an aromatic ring is 1. The molecule has 0 aromatic carbocycles. The van der Waals surface area contributed by atoms with E-state index in [1.165, 1.54) is 42.2 Å². The van der Waals surface area contributed by atoms with Crippen LogP contribution in [-0.4, -0.2) is 17.0 Å². The molecule has 104 valence electrons. The molecule has 1 heterocycles. The van der Waals surface area contributed by atoms with Gasteiger partial charge in [-0.3, -0.25) is 9.59 Å². The highest BCUT2D eigenvalue weighted by atomic mass is 16.2. The predicted octanol–water partition coefficient (Wildman–Crippen LogP) is 0.983. The van der Waals surface area contributed by atoms with Gasteiger partial charge >= 0.3 is 0 Å². The standard InChI is InChI=1S/C14H21N3O2/c1-10-2-3-11(6-10)7-16-13(18)9-17-8-12(15)4-5-14(17)19/h4-5,8,10-11H,2-3,6-7,9,15H2,1H3,(H,16,18). The summed E-state index contributed by atoms with van der Waals surface area (Å²) in [6.07, 6.45) is 5.10. The summed E-state index contributed by atoms with van der Waals surface area (Å²) in [4.78, 5) is 23.3. The molecule has 1 fully saturated rings. The molecule has 5 nitrogen and oxygen atoms in total. The number of nitrogens with zero attached hydrogens (tertiary/aromatic N) is 1. The number of pyridine rings is 1. The van der Waals surface area contributed by atoms with Gasteiger partial charge in [-0.15, -0.1) is 0 Å². The van der Waals surface area contributed by atoms with E-state index in [-0.39, 0.29) is 18.0 Å². The summed E-state index contributed by atoms with van der Waals surface area (Å²) in [5, 5.41) is 2.90. The first-order valence-corrected chi connectivity index (χ1v) is 6.77. The molecule has 2 atom stereocenters. The molecular weight excluding hydrogens is 242 g/mol. The molecule has 0 bridgehead atoms. The fourth-order valence-electron chi connectivity index (χ4n) is 2.65. The van der Waals surface area contributed by atoms with E-state index >= 15 is 0 Å². The Bertz CT molecular complexity index is 510. The zero-order valence-electron chi connectivity index (χ0n) is 11.3. The molecular formula is C14H21N3O2. The second kappa shape index (κ2) is 5.91. The van der Waals surface area contributed by atoms with E-state index < -0.39 is 0 Å². The van der Waals surface area contributed by atoms with E-state index in [1.54, 1.807) is 0 Å². The lowest BCUT2D eigenvalue weighted by molar-refractivity contribution is -0.121. The fraction of sp³-hybridized carbons (Fsp3) is 0.571. The van der Waals surface area contributed by atoms with Gasteiger partial charge in [0, 0.05) is 24.5 Å². The second-order valence-corrected chi connectivity index (χ2v) is 5.52. The molecule has 1 aromatic rings. The quantitative estimate of drug-likeness (QED) is 0.850. The average Bonchev–Trinajstić information content (AvgIpc) is 2.77. The largest absolute Gasteiger partial charge is 0.398 e. The van der Waals surface area contributed by atoms with Crippen molar-refractivity contribution < 1.29 is 4.79 Å². The lowest BCUT2D eigenvalue weighted by Gasteiger charge is -2.12. The van der Waals surface area contributed by atoms with Crippen LogP contribution in [0.25, 0.3) is 0 Å². The Hall–Kier alpha value is -1.78. The Kier molecular flexibility index (Phi) is 4.24. The number of aromatic nitrogens is 1. The molecule has 2 rings (SSSR count). The minimum Gasteiger partial charge on any atom is -0.398 e. The number of hydrogen-bond acceptors (Lipinski definition) is 3. The Balaban J connectivity index is 1.84. The normalized spacial score (nSPS) is 22.4. The van der Waals surface area contributed by atoms with Crippen molar-refractivity contribution in [1.82, 2.24) is 9.88 Å². The Morgan fingerprint density at radius 1 is 1.47 bits per heavy atom. The molecule has 0 spiro atoms. The molecule has 0 aliphatic heterocycles. The third-order valence-corrected chi connectivity index (χ3v) is 3.71. The maximum atomic E-state index is 11.8. The summed E-state index contributed by atoms with van der Waals surface area (Å²) in [5.41, 5.74) is 5.87. The number of carbonyl (C=O) groups excluding carboxylic acids is 1. The predicted molar refractivity (Wildman–Crippen MR) is 74.6 cm³/mol. The zero-order chi connectivity index (χ0) is 13.8. The highest BCUT2D eigenvalue weighted by Crippen LogP contribution is 2.29. The summed E-state index contributed by atoms with van der Waals surface area (Å²) < 4.78 is 1.34. The fourth-order valence-corrected chi connectivity index (χ4v) is 2.65. The first-order chi connectivity index (χ1) is 9.04. The topological polar surface area (TPSA) is 77.1 Å². The monoisotopic (exact) mass is 263 g/mol. The van der Waals surface area contributed by atoms with Crippen LogP contribution in [-0.2, 0) is 11.3 Å². The number of rotatable bonds is 4. The second-order valence-electron chi connectivity index (χ2n) is 5.52. The van der Waals surface area contributed by atoms with E-state index in [9.17, 15) is 9.59 Å². The first-order valence-electron chi connectivity index (χ1n) is 6.77. The number of amides is 1. The molecule has 0 saturated heterocycles. The lowest BCUT2D eigenvalue weighted by Crippen LogP contribution is -2.34. The van der Waals surface area contributed by atoms with Gasteiger partial charge in [-0.25, -0.2) is 0 Å². The van der Waals surface area contributed by atoms with Crippen molar-refractivity contribution in [3.8, 4) is 0 Å². The maximum absolute atomic E-state index is 11.8. The van der Waals surface area contributed by atoms with Gasteiger partial charge in [-0.2, -0.15) is 0 Å². The summed E-state index contributed by atoms with van der Waals surface area (Å²) in [6.45, 7) is 2.99. The molecule has 1 aliphatic carbocycles. The number of nitrogens with one attached hydrogen (secondary N) is 1. The SMILES string of the molecule is CC1CCC(CNC(=O)Cn2cc(N)ccc2=O)C1. The zero-order valence-corrected chi connectivity index (χ0v) is 11.3. The lowest BCUT2D eigenvalue weighted by atomic mass is 10.1. The molecule has 1 saturated carbocycles. The van der Waals surface area contributed by atoms with Crippen molar-refractivity contribution in [2.75, 3.05) is 12.3 Å². The van der Waals surface area contributed by atoms with E-state index in [4.69, 9.17) is 5.73 Å². The van der Waals surface area contributed by atoms with Crippen LogP contribution in [0, 0.1) is 11.8 Å². The van der Waals surface area contributed by atoms with Gasteiger partial charge < -0.3 is 15.6 Å². The van der Waals surface area contributed by atoms with Crippen LogP contribution >= 0.6 is 0 Å². The van der Waals surface area contributed by atoms with E-state index in [2.05, 4.69) is 12.2 Å². The molecule has 0 radical (unpaired) electrons. The highest BCUT2D eigenvalue weighted by Gasteiger charge is 2.21. The Labute approximate surface area is 112 Å². The van der Waals surface area contributed by atoms with E-state index in [0.29, 0.717) is 18.2 Å². The smallest absolute Gasteiger partial charge is 0.251 e. The number of hydrogen-bond donors (Lipinski definition) is 2. The third-order valence-electron chi connectivity index (χ3n) is 3.71. The van der Waals surface area contributed by atoms with Crippen LogP contribution in [0.4, 0.5) is 5.69 Å². The van der Waals surface area contributed by atoms with Crippen molar-refractivity contribution in [2.45, 2.75) is 32.7 Å². The molecule has 3 N–H and O–H groups in total. The Morgan fingerprint density at radius 2 is 2.26 bits per heavy atom. The summed E-state index contributed by atoms with van der Waals surface area (Å²) >= 11 is 0. The minimum atomic E-state index is -0.209. The molecule has 2 unspecified atom stereocenters. The van der Waals surface area contributed by atoms with E-state index in [0.717, 1.165) is 5.92 Å². The molecule has 1 aromatic heterocycles. The summed E-state index contributed by atoms with van der Waals surface area (Å²) in [7, 11) is 0. The molecule has 19 heavy (non-hydrogen) atoms. The Morgan fingerprint density at radius 3 is 2.95 bits per heavy atom. The summed E-state index contributed by atoms with van der Waals surface area (Å²) in [6, 6.07) is 2.91. The van der Waals surface area contributed by atoms with Crippen molar-refractivity contribution in [1.29, 1.82) is 0 Å². The van der Waals surface area contributed by atoms with Crippen LogP contribution in [0.1, 0.15) is 26.2 Å². The van der Waals surface area contributed by atoms with Gasteiger partial charge in [-0.05, 0) is 30.7 Å². The van der Waals surface area contributed by atoms with Gasteiger partial charge in [-0.1, -0.05) is 13.3 Å². The molecule has 1 aliphatic rings. The average molecular weight is 263 g/mol. The van der Waals surface area contributed by atoms with Gasteiger partial charge in [0.15, 0.2) is 0 Å². The number of nitrogens with two attached hydrogens (primary N) is 1. The van der Waals surface area contributed by atoms with Crippen LogP contribution in [0.2, 0.25) is 0 Å².